The Kier molecular flexibility index (Phi) is 7.25. The number of hydrogen-bond donors (Lipinski definition) is 2. The zero-order valence-corrected chi connectivity index (χ0v) is 15.9. The Bertz CT molecular complexity index is 599. The summed E-state index contributed by atoms with van der Waals surface area (Å²) < 4.78 is 0. The summed E-state index contributed by atoms with van der Waals surface area (Å²) >= 11 is 0. The highest BCUT2D eigenvalue weighted by Gasteiger charge is 2.19. The Labute approximate surface area is 151 Å². The number of nitrogens with zero attached hydrogens (tertiary/aromatic N) is 3. The number of aliphatic imine (C=N–C) groups is 1. The highest BCUT2D eigenvalue weighted by molar-refractivity contribution is 5.92. The van der Waals surface area contributed by atoms with Gasteiger partial charge in [0.15, 0.2) is 5.96 Å². The van der Waals surface area contributed by atoms with E-state index in [9.17, 15) is 4.79 Å². The van der Waals surface area contributed by atoms with E-state index in [1.165, 1.54) is 12.8 Å². The standard InChI is InChI=1S/C19H31N5O/c1-15-7-6-10-24(13-15)19(20-2)21-12-16-8-5-9-17(11-16)22-18(25)14-23(3)4/h5,8-9,11,15H,6-7,10,12-14H2,1-4H3,(H,20,21)(H,22,25). The van der Waals surface area contributed by atoms with Crippen molar-refractivity contribution in [3.05, 3.63) is 29.8 Å². The maximum Gasteiger partial charge on any atom is 0.238 e. The molecule has 1 aromatic rings. The fourth-order valence-electron chi connectivity index (χ4n) is 3.14. The monoisotopic (exact) mass is 345 g/mol. The van der Waals surface area contributed by atoms with Crippen molar-refractivity contribution in [2.75, 3.05) is 46.1 Å². The maximum absolute atomic E-state index is 11.9. The number of likely N-dealkylation sites (N-methyl/N-ethyl adjacent to an activating group) is 1. The van der Waals surface area contributed by atoms with E-state index in [1.807, 2.05) is 44.2 Å². The molecule has 0 aliphatic carbocycles. The molecule has 0 radical (unpaired) electrons. The highest BCUT2D eigenvalue weighted by Crippen LogP contribution is 2.16. The first-order valence-corrected chi connectivity index (χ1v) is 8.97. The van der Waals surface area contributed by atoms with Gasteiger partial charge in [-0.05, 0) is 50.6 Å². The lowest BCUT2D eigenvalue weighted by atomic mass is 10.0. The van der Waals surface area contributed by atoms with Crippen molar-refractivity contribution in [2.45, 2.75) is 26.3 Å². The van der Waals surface area contributed by atoms with Gasteiger partial charge in [-0.15, -0.1) is 0 Å². The first kappa shape index (κ1) is 19.2. The summed E-state index contributed by atoms with van der Waals surface area (Å²) in [5.74, 6) is 1.66. The van der Waals surface area contributed by atoms with Crippen molar-refractivity contribution in [3.8, 4) is 0 Å². The molecular formula is C19H31N5O. The van der Waals surface area contributed by atoms with Gasteiger partial charge in [0.25, 0.3) is 0 Å². The van der Waals surface area contributed by atoms with Gasteiger partial charge in [0.1, 0.15) is 0 Å². The molecular weight excluding hydrogens is 314 g/mol. The molecule has 1 aliphatic rings. The van der Waals surface area contributed by atoms with Gasteiger partial charge in [-0.25, -0.2) is 0 Å². The molecule has 1 atom stereocenters. The Morgan fingerprint density at radius 2 is 2.20 bits per heavy atom. The molecule has 1 amide bonds. The number of carbonyl (C=O) groups excluding carboxylic acids is 1. The van der Waals surface area contributed by atoms with E-state index in [1.54, 1.807) is 0 Å². The molecule has 2 N–H and O–H groups in total. The molecule has 2 rings (SSSR count). The molecule has 25 heavy (non-hydrogen) atoms. The second kappa shape index (κ2) is 9.42. The third-order valence-corrected chi connectivity index (χ3v) is 4.29. The van der Waals surface area contributed by atoms with Crippen LogP contribution in [0.15, 0.2) is 29.3 Å². The number of rotatable bonds is 5. The summed E-state index contributed by atoms with van der Waals surface area (Å²) in [5, 5.41) is 6.38. The van der Waals surface area contributed by atoms with Crippen LogP contribution in [0.3, 0.4) is 0 Å². The largest absolute Gasteiger partial charge is 0.352 e. The van der Waals surface area contributed by atoms with Crippen LogP contribution in [-0.2, 0) is 11.3 Å². The van der Waals surface area contributed by atoms with Crippen LogP contribution < -0.4 is 10.6 Å². The van der Waals surface area contributed by atoms with Gasteiger partial charge in [0.05, 0.1) is 6.54 Å². The molecule has 1 fully saturated rings. The first-order chi connectivity index (χ1) is 12.0. The number of likely N-dealkylation sites (tertiary alicyclic amines) is 1. The highest BCUT2D eigenvalue weighted by atomic mass is 16.2. The van der Waals surface area contributed by atoms with Crippen molar-refractivity contribution >= 4 is 17.6 Å². The minimum Gasteiger partial charge on any atom is -0.352 e. The predicted molar refractivity (Wildman–Crippen MR) is 104 cm³/mol. The number of carbonyl (C=O) groups is 1. The molecule has 0 spiro atoms. The van der Waals surface area contributed by atoms with E-state index in [4.69, 9.17) is 0 Å². The lowest BCUT2D eigenvalue weighted by Crippen LogP contribution is -2.45. The molecule has 1 unspecified atom stereocenters. The second-order valence-electron chi connectivity index (χ2n) is 7.08. The third kappa shape index (κ3) is 6.38. The van der Waals surface area contributed by atoms with Crippen molar-refractivity contribution in [1.82, 2.24) is 15.1 Å². The maximum atomic E-state index is 11.9. The van der Waals surface area contributed by atoms with Gasteiger partial charge >= 0.3 is 0 Å². The van der Waals surface area contributed by atoms with Crippen molar-refractivity contribution < 1.29 is 4.79 Å². The van der Waals surface area contributed by atoms with Crippen LogP contribution in [0.5, 0.6) is 0 Å². The molecule has 138 valence electrons. The molecule has 1 saturated heterocycles. The van der Waals surface area contributed by atoms with Crippen LogP contribution in [0.1, 0.15) is 25.3 Å². The zero-order chi connectivity index (χ0) is 18.2. The van der Waals surface area contributed by atoms with E-state index in [0.29, 0.717) is 19.0 Å². The predicted octanol–water partition coefficient (Wildman–Crippen LogP) is 1.99. The minimum atomic E-state index is -0.00627. The SMILES string of the molecule is CN=C(NCc1cccc(NC(=O)CN(C)C)c1)N1CCCC(C)C1. The van der Waals surface area contributed by atoms with E-state index >= 15 is 0 Å². The number of nitrogens with one attached hydrogen (secondary N) is 2. The number of anilines is 1. The van der Waals surface area contributed by atoms with E-state index in [0.717, 1.165) is 30.3 Å². The van der Waals surface area contributed by atoms with Crippen LogP contribution in [-0.4, -0.2) is 62.4 Å². The van der Waals surface area contributed by atoms with Crippen molar-refractivity contribution in [2.24, 2.45) is 10.9 Å². The van der Waals surface area contributed by atoms with Gasteiger partial charge in [-0.1, -0.05) is 19.1 Å². The van der Waals surface area contributed by atoms with Gasteiger partial charge in [0, 0.05) is 32.4 Å². The molecule has 1 aliphatic heterocycles. The summed E-state index contributed by atoms with van der Waals surface area (Å²) in [5.41, 5.74) is 1.95. The summed E-state index contributed by atoms with van der Waals surface area (Å²) in [7, 11) is 5.60. The minimum absolute atomic E-state index is 0.00627. The number of benzene rings is 1. The van der Waals surface area contributed by atoms with E-state index in [-0.39, 0.29) is 5.91 Å². The molecule has 0 bridgehead atoms. The fourth-order valence-corrected chi connectivity index (χ4v) is 3.14. The van der Waals surface area contributed by atoms with Crippen molar-refractivity contribution in [3.63, 3.8) is 0 Å². The topological polar surface area (TPSA) is 60.0 Å². The lowest BCUT2D eigenvalue weighted by molar-refractivity contribution is -0.116. The van der Waals surface area contributed by atoms with Crippen molar-refractivity contribution in [1.29, 1.82) is 0 Å². The van der Waals surface area contributed by atoms with E-state index < -0.39 is 0 Å². The van der Waals surface area contributed by atoms with E-state index in [2.05, 4.69) is 33.5 Å². The second-order valence-corrected chi connectivity index (χ2v) is 7.08. The number of hydrogen-bond acceptors (Lipinski definition) is 3. The molecule has 0 saturated carbocycles. The Morgan fingerprint density at radius 1 is 1.40 bits per heavy atom. The fraction of sp³-hybridized carbons (Fsp3) is 0.579. The Balaban J connectivity index is 1.91. The first-order valence-electron chi connectivity index (χ1n) is 8.97. The summed E-state index contributed by atoms with van der Waals surface area (Å²) in [4.78, 5) is 20.5. The average molecular weight is 345 g/mol. The van der Waals surface area contributed by atoms with Crippen LogP contribution in [0.2, 0.25) is 0 Å². The van der Waals surface area contributed by atoms with Gasteiger partial charge in [-0.3, -0.25) is 9.79 Å². The van der Waals surface area contributed by atoms with Gasteiger partial charge in [-0.2, -0.15) is 0 Å². The normalized spacial score (nSPS) is 18.4. The third-order valence-electron chi connectivity index (χ3n) is 4.29. The molecule has 0 aromatic heterocycles. The Hall–Kier alpha value is -2.08. The summed E-state index contributed by atoms with van der Waals surface area (Å²) in [6.07, 6.45) is 2.51. The zero-order valence-electron chi connectivity index (χ0n) is 15.9. The van der Waals surface area contributed by atoms with Crippen LogP contribution in [0, 0.1) is 5.92 Å². The molecule has 1 heterocycles. The quantitative estimate of drug-likeness (QED) is 0.633. The Morgan fingerprint density at radius 3 is 2.88 bits per heavy atom. The van der Waals surface area contributed by atoms with Crippen LogP contribution in [0.25, 0.3) is 0 Å². The van der Waals surface area contributed by atoms with Crippen LogP contribution in [0.4, 0.5) is 5.69 Å². The van der Waals surface area contributed by atoms with Gasteiger partial charge < -0.3 is 20.4 Å². The smallest absolute Gasteiger partial charge is 0.238 e. The van der Waals surface area contributed by atoms with Crippen LogP contribution >= 0.6 is 0 Å². The number of piperidine rings is 1. The molecule has 6 nitrogen and oxygen atoms in total. The summed E-state index contributed by atoms with van der Waals surface area (Å²) in [6.45, 7) is 5.47. The molecule has 6 heteroatoms. The summed E-state index contributed by atoms with van der Waals surface area (Å²) in [6, 6.07) is 7.94. The number of guanidine groups is 1. The molecule has 1 aromatic carbocycles. The lowest BCUT2D eigenvalue weighted by Gasteiger charge is -2.33. The van der Waals surface area contributed by atoms with Gasteiger partial charge in [0.2, 0.25) is 5.91 Å². The number of amides is 1. The average Bonchev–Trinajstić information content (AvgIpc) is 2.55.